The molecule has 0 saturated heterocycles. The van der Waals surface area contributed by atoms with Crippen LogP contribution in [0.5, 0.6) is 5.75 Å². The zero-order valence-electron chi connectivity index (χ0n) is 18.8. The van der Waals surface area contributed by atoms with Gasteiger partial charge in [-0.3, -0.25) is 9.10 Å². The number of nitrogens with one attached hydrogen (secondary N) is 1. The number of benzene rings is 2. The van der Waals surface area contributed by atoms with Crippen LogP contribution in [0.4, 0.5) is 5.69 Å². The van der Waals surface area contributed by atoms with Gasteiger partial charge >= 0.3 is 0 Å². The summed E-state index contributed by atoms with van der Waals surface area (Å²) in [6, 6.07) is 10.8. The van der Waals surface area contributed by atoms with Gasteiger partial charge in [-0.2, -0.15) is 0 Å². The monoisotopic (exact) mass is 432 g/mol. The van der Waals surface area contributed by atoms with Crippen molar-refractivity contribution in [3.63, 3.8) is 0 Å². The molecule has 0 spiro atoms. The summed E-state index contributed by atoms with van der Waals surface area (Å²) in [6.45, 7) is 9.69. The van der Waals surface area contributed by atoms with Crippen LogP contribution in [0.3, 0.4) is 0 Å². The number of carbonyl (C=O) groups excluding carboxylic acids is 1. The van der Waals surface area contributed by atoms with E-state index in [0.717, 1.165) is 38.6 Å². The highest BCUT2D eigenvalue weighted by Gasteiger charge is 2.23. The van der Waals surface area contributed by atoms with Crippen molar-refractivity contribution >= 4 is 21.6 Å². The number of nitrogens with zero attached hydrogens (tertiary/aromatic N) is 1. The summed E-state index contributed by atoms with van der Waals surface area (Å²) >= 11 is 0. The maximum Gasteiger partial charge on any atom is 0.241 e. The van der Waals surface area contributed by atoms with Gasteiger partial charge in [0.1, 0.15) is 12.3 Å². The Kier molecular flexibility index (Phi) is 7.53. The molecule has 2 aromatic rings. The highest BCUT2D eigenvalue weighted by atomic mass is 32.2. The van der Waals surface area contributed by atoms with E-state index in [4.69, 9.17) is 4.74 Å². The van der Waals surface area contributed by atoms with Gasteiger partial charge in [0.2, 0.25) is 15.9 Å². The molecule has 7 heteroatoms. The van der Waals surface area contributed by atoms with Crippen molar-refractivity contribution in [1.29, 1.82) is 0 Å². The topological polar surface area (TPSA) is 75.7 Å². The minimum absolute atomic E-state index is 0.268. The van der Waals surface area contributed by atoms with E-state index in [-0.39, 0.29) is 24.4 Å². The molecule has 0 radical (unpaired) electrons. The van der Waals surface area contributed by atoms with Gasteiger partial charge in [-0.05, 0) is 67.6 Å². The molecule has 1 N–H and O–H groups in total. The van der Waals surface area contributed by atoms with E-state index in [1.165, 1.54) is 0 Å². The molecule has 164 valence electrons. The molecular formula is C23H32N2O4S. The number of ether oxygens (including phenoxy) is 1. The third-order valence-corrected chi connectivity index (χ3v) is 6.23. The molecule has 0 fully saturated rings. The molecule has 0 aliphatic heterocycles. The maximum absolute atomic E-state index is 12.7. The number of rotatable bonds is 8. The molecule has 1 atom stereocenters. The van der Waals surface area contributed by atoms with Gasteiger partial charge in [0.05, 0.1) is 25.1 Å². The number of methoxy groups -OCH3 is 1. The van der Waals surface area contributed by atoms with E-state index in [2.05, 4.69) is 25.2 Å². The van der Waals surface area contributed by atoms with Crippen molar-refractivity contribution < 1.29 is 17.9 Å². The number of amides is 1. The SMILES string of the molecule is COc1cc(C)c([C@H](C)NC(=O)CN(c2ccc(C)cc2)S(C)(=O)=O)cc1C(C)C. The van der Waals surface area contributed by atoms with E-state index in [0.29, 0.717) is 5.69 Å². The number of anilines is 1. The first-order chi connectivity index (χ1) is 13.9. The van der Waals surface area contributed by atoms with Crippen LogP contribution >= 0.6 is 0 Å². The highest BCUT2D eigenvalue weighted by molar-refractivity contribution is 7.92. The Balaban J connectivity index is 2.24. The van der Waals surface area contributed by atoms with Gasteiger partial charge < -0.3 is 10.1 Å². The normalized spacial score (nSPS) is 12.5. The standard InChI is InChI=1S/C23H32N2O4S/c1-15(2)20-13-21(17(4)12-22(20)29-6)18(5)24-23(26)14-25(30(7,27)28)19-10-8-16(3)9-11-19/h8-13,15,18H,14H2,1-7H3,(H,24,26)/t18-/m0/s1. The van der Waals surface area contributed by atoms with Crippen molar-refractivity contribution in [2.24, 2.45) is 0 Å². The average molecular weight is 433 g/mol. The first-order valence-electron chi connectivity index (χ1n) is 9.96. The molecule has 0 unspecified atom stereocenters. The van der Waals surface area contributed by atoms with E-state index in [1.807, 2.05) is 39.0 Å². The lowest BCUT2D eigenvalue weighted by molar-refractivity contribution is -0.120. The predicted octanol–water partition coefficient (Wildman–Crippen LogP) is 4.08. The molecule has 30 heavy (non-hydrogen) atoms. The second-order valence-corrected chi connectivity index (χ2v) is 9.91. The van der Waals surface area contributed by atoms with Crippen LogP contribution in [0.1, 0.15) is 55.0 Å². The molecule has 2 aromatic carbocycles. The van der Waals surface area contributed by atoms with Gasteiger partial charge in [-0.15, -0.1) is 0 Å². The van der Waals surface area contributed by atoms with Crippen molar-refractivity contribution in [2.75, 3.05) is 24.2 Å². The number of hydrogen-bond donors (Lipinski definition) is 1. The van der Waals surface area contributed by atoms with Crippen LogP contribution in [-0.4, -0.2) is 34.2 Å². The van der Waals surface area contributed by atoms with Crippen LogP contribution in [0, 0.1) is 13.8 Å². The molecule has 0 aliphatic rings. The lowest BCUT2D eigenvalue weighted by atomic mass is 9.93. The Morgan fingerprint density at radius 3 is 2.17 bits per heavy atom. The maximum atomic E-state index is 12.7. The molecule has 0 aliphatic carbocycles. The minimum atomic E-state index is -3.61. The van der Waals surface area contributed by atoms with Crippen molar-refractivity contribution in [3.05, 3.63) is 58.7 Å². The smallest absolute Gasteiger partial charge is 0.241 e. The van der Waals surface area contributed by atoms with Gasteiger partial charge in [-0.25, -0.2) is 8.42 Å². The van der Waals surface area contributed by atoms with Crippen molar-refractivity contribution in [2.45, 2.75) is 46.6 Å². The molecule has 0 aromatic heterocycles. The third kappa shape index (κ3) is 5.75. The Morgan fingerprint density at radius 1 is 1.07 bits per heavy atom. The Morgan fingerprint density at radius 2 is 1.67 bits per heavy atom. The second-order valence-electron chi connectivity index (χ2n) is 8.00. The minimum Gasteiger partial charge on any atom is -0.496 e. The fraction of sp³-hybridized carbons (Fsp3) is 0.435. The summed E-state index contributed by atoms with van der Waals surface area (Å²) in [5.41, 5.74) is 4.53. The van der Waals surface area contributed by atoms with Crippen LogP contribution in [0.25, 0.3) is 0 Å². The number of sulfonamides is 1. The summed E-state index contributed by atoms with van der Waals surface area (Å²) < 4.78 is 31.2. The molecule has 2 rings (SSSR count). The van der Waals surface area contributed by atoms with Crippen molar-refractivity contribution in [3.8, 4) is 5.75 Å². The van der Waals surface area contributed by atoms with E-state index in [1.54, 1.807) is 19.2 Å². The lowest BCUT2D eigenvalue weighted by Gasteiger charge is -2.24. The third-order valence-electron chi connectivity index (χ3n) is 5.09. The largest absolute Gasteiger partial charge is 0.496 e. The molecular weight excluding hydrogens is 400 g/mol. The second kappa shape index (κ2) is 9.51. The summed E-state index contributed by atoms with van der Waals surface area (Å²) in [6.07, 6.45) is 1.10. The molecule has 0 bridgehead atoms. The van der Waals surface area contributed by atoms with Gasteiger partial charge in [0, 0.05) is 0 Å². The molecule has 6 nitrogen and oxygen atoms in total. The summed E-state index contributed by atoms with van der Waals surface area (Å²) in [7, 11) is -1.96. The Bertz CT molecular complexity index is 999. The number of hydrogen-bond acceptors (Lipinski definition) is 4. The van der Waals surface area contributed by atoms with E-state index in [9.17, 15) is 13.2 Å². The molecule has 0 heterocycles. The summed E-state index contributed by atoms with van der Waals surface area (Å²) in [5, 5.41) is 2.94. The molecule has 1 amide bonds. The average Bonchev–Trinajstić information content (AvgIpc) is 2.65. The van der Waals surface area contributed by atoms with Gasteiger partial charge in [-0.1, -0.05) is 31.5 Å². The summed E-state index contributed by atoms with van der Waals surface area (Å²) in [5.74, 6) is 0.728. The first-order valence-corrected chi connectivity index (χ1v) is 11.8. The number of aryl methyl sites for hydroxylation is 2. The van der Waals surface area contributed by atoms with E-state index < -0.39 is 10.0 Å². The van der Waals surface area contributed by atoms with E-state index >= 15 is 0 Å². The fourth-order valence-corrected chi connectivity index (χ4v) is 4.27. The number of carbonyl (C=O) groups is 1. The zero-order valence-corrected chi connectivity index (χ0v) is 19.6. The Hall–Kier alpha value is -2.54. The van der Waals surface area contributed by atoms with Crippen molar-refractivity contribution in [1.82, 2.24) is 5.32 Å². The van der Waals surface area contributed by atoms with Gasteiger partial charge in [0.15, 0.2) is 0 Å². The zero-order chi connectivity index (χ0) is 22.6. The predicted molar refractivity (Wildman–Crippen MR) is 122 cm³/mol. The highest BCUT2D eigenvalue weighted by Crippen LogP contribution is 2.32. The summed E-state index contributed by atoms with van der Waals surface area (Å²) in [4.78, 5) is 12.7. The van der Waals surface area contributed by atoms with Crippen LogP contribution in [0.2, 0.25) is 0 Å². The van der Waals surface area contributed by atoms with Crippen LogP contribution in [0.15, 0.2) is 36.4 Å². The first kappa shape index (κ1) is 23.7. The quantitative estimate of drug-likeness (QED) is 0.682. The Labute approximate surface area is 180 Å². The lowest BCUT2D eigenvalue weighted by Crippen LogP contribution is -2.41. The van der Waals surface area contributed by atoms with Gasteiger partial charge in [0.25, 0.3) is 0 Å². The fourth-order valence-electron chi connectivity index (χ4n) is 3.42. The van der Waals surface area contributed by atoms with Crippen LogP contribution in [-0.2, 0) is 14.8 Å². The van der Waals surface area contributed by atoms with Crippen LogP contribution < -0.4 is 14.4 Å². The molecule has 0 saturated carbocycles.